The zero-order valence-corrected chi connectivity index (χ0v) is 14.6. The van der Waals surface area contributed by atoms with E-state index in [-0.39, 0.29) is 12.3 Å². The molecule has 0 radical (unpaired) electrons. The van der Waals surface area contributed by atoms with E-state index in [1.807, 2.05) is 18.2 Å². The predicted molar refractivity (Wildman–Crippen MR) is 91.1 cm³/mol. The van der Waals surface area contributed by atoms with Crippen molar-refractivity contribution in [1.82, 2.24) is 4.31 Å². The van der Waals surface area contributed by atoms with Crippen LogP contribution in [0.15, 0.2) is 54.6 Å². The smallest absolute Gasteiger partial charge is 0.422 e. The van der Waals surface area contributed by atoms with Crippen LogP contribution in [0.4, 0.5) is 13.2 Å². The molecule has 8 heteroatoms. The van der Waals surface area contributed by atoms with Crippen LogP contribution in [0.5, 0.6) is 5.75 Å². The fraction of sp³-hybridized carbons (Fsp3) is 0.333. The van der Waals surface area contributed by atoms with E-state index >= 15 is 0 Å². The second-order valence-corrected chi connectivity index (χ2v) is 8.23. The molecule has 1 atom stereocenters. The molecule has 0 amide bonds. The van der Waals surface area contributed by atoms with E-state index in [2.05, 4.69) is 4.74 Å². The van der Waals surface area contributed by atoms with Gasteiger partial charge in [0, 0.05) is 13.1 Å². The van der Waals surface area contributed by atoms with Gasteiger partial charge < -0.3 is 4.74 Å². The Labute approximate surface area is 150 Å². The number of alkyl halides is 3. The van der Waals surface area contributed by atoms with E-state index in [9.17, 15) is 21.6 Å². The molecule has 0 saturated carbocycles. The minimum Gasteiger partial charge on any atom is -0.484 e. The minimum absolute atomic E-state index is 0.0949. The zero-order chi connectivity index (χ0) is 18.8. The van der Waals surface area contributed by atoms with E-state index in [0.717, 1.165) is 5.56 Å². The normalized spacial score (nSPS) is 20.2. The Morgan fingerprint density at radius 3 is 2.31 bits per heavy atom. The number of halogens is 3. The Kier molecular flexibility index (Phi) is 5.24. The van der Waals surface area contributed by atoms with Gasteiger partial charge in [-0.1, -0.05) is 42.5 Å². The maximum absolute atomic E-state index is 12.8. The van der Waals surface area contributed by atoms with Crippen molar-refractivity contribution in [2.75, 3.05) is 13.2 Å². The monoisotopic (exact) mass is 385 g/mol. The molecule has 2 aromatic rings. The van der Waals surface area contributed by atoms with Crippen LogP contribution in [-0.2, 0) is 16.6 Å². The first-order valence-corrected chi connectivity index (χ1v) is 9.58. The molecule has 1 unspecified atom stereocenters. The van der Waals surface area contributed by atoms with Crippen LogP contribution in [-0.4, -0.2) is 32.1 Å². The van der Waals surface area contributed by atoms with E-state index < -0.39 is 28.1 Å². The van der Waals surface area contributed by atoms with Gasteiger partial charge in [0.15, 0.2) is 6.61 Å². The zero-order valence-electron chi connectivity index (χ0n) is 13.8. The summed E-state index contributed by atoms with van der Waals surface area (Å²) in [4.78, 5) is 0. The highest BCUT2D eigenvalue weighted by Crippen LogP contribution is 2.36. The molecule has 3 rings (SSSR count). The molecule has 0 bridgehead atoms. The van der Waals surface area contributed by atoms with E-state index in [4.69, 9.17) is 0 Å². The topological polar surface area (TPSA) is 46.6 Å². The molecule has 0 aromatic heterocycles. The molecule has 26 heavy (non-hydrogen) atoms. The molecule has 1 fully saturated rings. The number of rotatable bonds is 5. The number of nitrogens with zero attached hydrogens (tertiary/aromatic N) is 1. The maximum atomic E-state index is 12.8. The van der Waals surface area contributed by atoms with Crippen LogP contribution in [0.1, 0.15) is 22.8 Å². The Morgan fingerprint density at radius 1 is 1.04 bits per heavy atom. The molecule has 1 aliphatic heterocycles. The molecule has 1 saturated heterocycles. The molecular weight excluding hydrogens is 367 g/mol. The van der Waals surface area contributed by atoms with Gasteiger partial charge in [0.25, 0.3) is 0 Å². The quantitative estimate of drug-likeness (QED) is 0.784. The first kappa shape index (κ1) is 18.7. The lowest BCUT2D eigenvalue weighted by molar-refractivity contribution is -0.153. The summed E-state index contributed by atoms with van der Waals surface area (Å²) in [5, 5.41) is -0.557. The highest BCUT2D eigenvalue weighted by molar-refractivity contribution is 7.89. The minimum atomic E-state index is -4.39. The summed E-state index contributed by atoms with van der Waals surface area (Å²) in [6, 6.07) is 15.1. The Hall–Kier alpha value is -2.06. The van der Waals surface area contributed by atoms with Crippen LogP contribution in [0, 0.1) is 0 Å². The predicted octanol–water partition coefficient (Wildman–Crippen LogP) is 3.90. The van der Waals surface area contributed by atoms with Crippen molar-refractivity contribution in [3.8, 4) is 5.75 Å². The van der Waals surface area contributed by atoms with Gasteiger partial charge >= 0.3 is 6.18 Å². The van der Waals surface area contributed by atoms with Gasteiger partial charge in [-0.25, -0.2) is 8.42 Å². The average Bonchev–Trinajstić information content (AvgIpc) is 2.89. The van der Waals surface area contributed by atoms with Gasteiger partial charge in [-0.3, -0.25) is 0 Å². The summed E-state index contributed by atoms with van der Waals surface area (Å²) in [5.41, 5.74) is 1.47. The second-order valence-electron chi connectivity index (χ2n) is 6.11. The summed E-state index contributed by atoms with van der Waals surface area (Å²) < 4.78 is 68.0. The molecule has 0 aliphatic carbocycles. The molecule has 4 nitrogen and oxygen atoms in total. The van der Waals surface area contributed by atoms with E-state index in [0.29, 0.717) is 18.5 Å². The summed E-state index contributed by atoms with van der Waals surface area (Å²) in [6.07, 6.45) is -3.88. The number of hydrogen-bond donors (Lipinski definition) is 0. The summed E-state index contributed by atoms with van der Waals surface area (Å²) in [6.45, 7) is -0.759. The van der Waals surface area contributed by atoms with Crippen LogP contribution in [0.3, 0.4) is 0 Å². The lowest BCUT2D eigenvalue weighted by Crippen LogP contribution is -2.26. The number of benzene rings is 2. The molecule has 0 spiro atoms. The lowest BCUT2D eigenvalue weighted by atomic mass is 10.1. The fourth-order valence-electron chi connectivity index (χ4n) is 2.95. The van der Waals surface area contributed by atoms with E-state index in [1.165, 1.54) is 16.4 Å². The molecule has 140 valence electrons. The maximum Gasteiger partial charge on any atom is 0.422 e. The Bertz CT molecular complexity index is 836. The van der Waals surface area contributed by atoms with Crippen LogP contribution < -0.4 is 4.74 Å². The van der Waals surface area contributed by atoms with Crippen LogP contribution >= 0.6 is 0 Å². The SMILES string of the molecule is O=S1(=O)C(c2ccccc2)CCN1Cc1ccc(OCC(F)(F)F)cc1. The van der Waals surface area contributed by atoms with Gasteiger partial charge in [-0.2, -0.15) is 17.5 Å². The van der Waals surface area contributed by atoms with Gasteiger partial charge in [0.1, 0.15) is 11.0 Å². The number of sulfonamides is 1. The highest BCUT2D eigenvalue weighted by atomic mass is 32.2. The van der Waals surface area contributed by atoms with Crippen molar-refractivity contribution in [2.45, 2.75) is 24.4 Å². The molecule has 0 N–H and O–H groups in total. The fourth-order valence-corrected chi connectivity index (χ4v) is 4.91. The average molecular weight is 385 g/mol. The van der Waals surface area contributed by atoms with E-state index in [1.54, 1.807) is 24.3 Å². The van der Waals surface area contributed by atoms with Crippen LogP contribution in [0.2, 0.25) is 0 Å². The van der Waals surface area contributed by atoms with Crippen molar-refractivity contribution >= 4 is 10.0 Å². The molecule has 1 aliphatic rings. The molecule has 2 aromatic carbocycles. The molecular formula is C18H18F3NO3S. The largest absolute Gasteiger partial charge is 0.484 e. The van der Waals surface area contributed by atoms with Gasteiger partial charge in [-0.05, 0) is 29.7 Å². The third-order valence-corrected chi connectivity index (χ3v) is 6.47. The third kappa shape index (κ3) is 4.37. The summed E-state index contributed by atoms with van der Waals surface area (Å²) >= 11 is 0. The summed E-state index contributed by atoms with van der Waals surface area (Å²) in [5.74, 6) is 0.0949. The standard InChI is InChI=1S/C18H18F3NO3S/c19-18(20,21)13-25-16-8-6-14(7-9-16)12-22-11-10-17(26(22,23)24)15-4-2-1-3-5-15/h1-9,17H,10-13H2. The first-order valence-electron chi connectivity index (χ1n) is 8.08. The Morgan fingerprint density at radius 2 is 1.69 bits per heavy atom. The van der Waals surface area contributed by atoms with Gasteiger partial charge in [-0.15, -0.1) is 0 Å². The van der Waals surface area contributed by atoms with Gasteiger partial charge in [0.05, 0.1) is 0 Å². The van der Waals surface area contributed by atoms with Crippen molar-refractivity contribution in [1.29, 1.82) is 0 Å². The first-order chi connectivity index (χ1) is 12.3. The number of ether oxygens (including phenoxy) is 1. The van der Waals surface area contributed by atoms with Crippen molar-refractivity contribution in [2.24, 2.45) is 0 Å². The van der Waals surface area contributed by atoms with Crippen molar-refractivity contribution in [3.63, 3.8) is 0 Å². The Balaban J connectivity index is 1.66. The highest BCUT2D eigenvalue weighted by Gasteiger charge is 2.39. The van der Waals surface area contributed by atoms with Gasteiger partial charge in [0.2, 0.25) is 10.0 Å². The summed E-state index contributed by atoms with van der Waals surface area (Å²) in [7, 11) is -3.47. The third-order valence-electron chi connectivity index (χ3n) is 4.22. The number of hydrogen-bond acceptors (Lipinski definition) is 3. The van der Waals surface area contributed by atoms with Crippen LogP contribution in [0.25, 0.3) is 0 Å². The van der Waals surface area contributed by atoms with Crippen molar-refractivity contribution < 1.29 is 26.3 Å². The lowest BCUT2D eigenvalue weighted by Gasteiger charge is -2.17. The van der Waals surface area contributed by atoms with Crippen molar-refractivity contribution in [3.05, 3.63) is 65.7 Å². The second kappa shape index (κ2) is 7.28. The molecule has 1 heterocycles.